The molecule has 16 heavy (non-hydrogen) atoms. The Hall–Kier alpha value is -0.380. The van der Waals surface area contributed by atoms with Crippen molar-refractivity contribution in [2.24, 2.45) is 0 Å². The molecule has 0 spiro atoms. The van der Waals surface area contributed by atoms with Crippen LogP contribution in [0.15, 0.2) is 12.1 Å². The molecule has 2 unspecified atom stereocenters. The number of rotatable bonds is 6. The van der Waals surface area contributed by atoms with E-state index in [2.05, 4.69) is 57.2 Å². The highest BCUT2D eigenvalue weighted by Crippen LogP contribution is 2.22. The van der Waals surface area contributed by atoms with E-state index in [1.165, 1.54) is 16.2 Å². The minimum absolute atomic E-state index is 0.465. The van der Waals surface area contributed by atoms with Crippen LogP contribution in [0.4, 0.5) is 0 Å². The molecule has 3 heteroatoms. The highest BCUT2D eigenvalue weighted by atomic mass is 32.1. The predicted octanol–water partition coefficient (Wildman–Crippen LogP) is 3.05. The second-order valence-corrected chi connectivity index (χ2v) is 5.92. The fourth-order valence-electron chi connectivity index (χ4n) is 1.79. The van der Waals surface area contributed by atoms with Crippen molar-refractivity contribution < 1.29 is 0 Å². The van der Waals surface area contributed by atoms with Crippen LogP contribution in [0.25, 0.3) is 0 Å². The summed E-state index contributed by atoms with van der Waals surface area (Å²) in [6.45, 7) is 7.71. The largest absolute Gasteiger partial charge is 0.308 e. The molecular weight excluding hydrogens is 216 g/mol. The fraction of sp³-hybridized carbons (Fsp3) is 0.692. The molecule has 1 N–H and O–H groups in total. The van der Waals surface area contributed by atoms with E-state index >= 15 is 0 Å². The van der Waals surface area contributed by atoms with E-state index in [9.17, 15) is 0 Å². The molecule has 0 radical (unpaired) electrons. The molecule has 0 aliphatic carbocycles. The van der Waals surface area contributed by atoms with Gasteiger partial charge in [-0.15, -0.1) is 11.3 Å². The van der Waals surface area contributed by atoms with Crippen LogP contribution < -0.4 is 5.32 Å². The van der Waals surface area contributed by atoms with Crippen LogP contribution in [0.3, 0.4) is 0 Å². The molecule has 0 aliphatic rings. The van der Waals surface area contributed by atoms with E-state index in [0.29, 0.717) is 12.1 Å². The molecule has 0 saturated carbocycles. The third kappa shape index (κ3) is 3.89. The maximum absolute atomic E-state index is 3.61. The second-order valence-electron chi connectivity index (χ2n) is 4.60. The first-order valence-corrected chi connectivity index (χ1v) is 6.82. The van der Waals surface area contributed by atoms with Crippen molar-refractivity contribution in [1.29, 1.82) is 0 Å². The molecule has 0 aromatic carbocycles. The molecule has 0 aliphatic heterocycles. The van der Waals surface area contributed by atoms with Gasteiger partial charge >= 0.3 is 0 Å². The Morgan fingerprint density at radius 1 is 1.38 bits per heavy atom. The minimum Gasteiger partial charge on any atom is -0.308 e. The summed E-state index contributed by atoms with van der Waals surface area (Å²) in [5, 5.41) is 3.61. The first-order chi connectivity index (χ1) is 7.54. The van der Waals surface area contributed by atoms with E-state index in [0.717, 1.165) is 6.54 Å². The summed E-state index contributed by atoms with van der Waals surface area (Å²) < 4.78 is 0. The highest BCUT2D eigenvalue weighted by molar-refractivity contribution is 7.12. The van der Waals surface area contributed by atoms with Crippen molar-refractivity contribution in [1.82, 2.24) is 10.2 Å². The van der Waals surface area contributed by atoms with Crippen LogP contribution in [-0.4, -0.2) is 31.6 Å². The van der Waals surface area contributed by atoms with Crippen LogP contribution in [0.2, 0.25) is 0 Å². The zero-order valence-corrected chi connectivity index (χ0v) is 11.9. The van der Waals surface area contributed by atoms with Gasteiger partial charge in [0.05, 0.1) is 0 Å². The molecule has 0 saturated heterocycles. The molecule has 1 aromatic rings. The van der Waals surface area contributed by atoms with Crippen LogP contribution >= 0.6 is 11.3 Å². The van der Waals surface area contributed by atoms with Crippen LogP contribution in [0.5, 0.6) is 0 Å². The van der Waals surface area contributed by atoms with Gasteiger partial charge in [0.2, 0.25) is 0 Å². The Balaban J connectivity index is 2.43. The molecule has 1 rings (SSSR count). The summed E-state index contributed by atoms with van der Waals surface area (Å²) in [5.74, 6) is 0. The van der Waals surface area contributed by atoms with Crippen molar-refractivity contribution >= 4 is 11.3 Å². The lowest BCUT2D eigenvalue weighted by Gasteiger charge is -2.25. The standard InChI is InChI=1S/C13H24N2S/c1-6-12(15(4)5)9-14-11(3)13-8-7-10(2)16-13/h7-8,11-12,14H,6,9H2,1-5H3. The summed E-state index contributed by atoms with van der Waals surface area (Å²) >= 11 is 1.89. The third-order valence-electron chi connectivity index (χ3n) is 3.05. The Morgan fingerprint density at radius 3 is 2.50 bits per heavy atom. The zero-order valence-electron chi connectivity index (χ0n) is 11.1. The van der Waals surface area contributed by atoms with Gasteiger partial charge in [-0.2, -0.15) is 0 Å². The van der Waals surface area contributed by atoms with Gasteiger partial charge in [0, 0.05) is 28.4 Å². The minimum atomic E-state index is 0.465. The first-order valence-electron chi connectivity index (χ1n) is 6.00. The van der Waals surface area contributed by atoms with Gasteiger partial charge in [-0.3, -0.25) is 0 Å². The average molecular weight is 240 g/mol. The Labute approximate surface area is 104 Å². The Bertz CT molecular complexity index is 307. The monoisotopic (exact) mass is 240 g/mol. The topological polar surface area (TPSA) is 15.3 Å². The number of nitrogens with zero attached hydrogens (tertiary/aromatic N) is 1. The van der Waals surface area contributed by atoms with E-state index in [4.69, 9.17) is 0 Å². The second kappa shape index (κ2) is 6.38. The molecule has 2 atom stereocenters. The smallest absolute Gasteiger partial charge is 0.0386 e. The number of aryl methyl sites for hydroxylation is 1. The maximum atomic E-state index is 3.61. The Kier molecular flexibility index (Phi) is 5.46. The van der Waals surface area contributed by atoms with Crippen LogP contribution in [0.1, 0.15) is 36.1 Å². The van der Waals surface area contributed by atoms with Crippen molar-refractivity contribution in [3.8, 4) is 0 Å². The number of likely N-dealkylation sites (N-methyl/N-ethyl adjacent to an activating group) is 1. The van der Waals surface area contributed by atoms with Crippen molar-refractivity contribution in [2.75, 3.05) is 20.6 Å². The summed E-state index contributed by atoms with van der Waals surface area (Å²) in [5.41, 5.74) is 0. The quantitative estimate of drug-likeness (QED) is 0.822. The number of hydrogen-bond acceptors (Lipinski definition) is 3. The lowest BCUT2D eigenvalue weighted by Crippen LogP contribution is -2.38. The average Bonchev–Trinajstić information content (AvgIpc) is 2.65. The van der Waals surface area contributed by atoms with Crippen LogP contribution in [0, 0.1) is 6.92 Å². The van der Waals surface area contributed by atoms with E-state index in [-0.39, 0.29) is 0 Å². The molecule has 0 fully saturated rings. The lowest BCUT2D eigenvalue weighted by molar-refractivity contribution is 0.270. The molecule has 92 valence electrons. The van der Waals surface area contributed by atoms with Gasteiger partial charge in [0.1, 0.15) is 0 Å². The molecule has 1 heterocycles. The summed E-state index contributed by atoms with van der Waals surface area (Å²) in [6, 6.07) is 5.52. The first kappa shape index (κ1) is 13.7. The molecule has 2 nitrogen and oxygen atoms in total. The number of nitrogens with one attached hydrogen (secondary N) is 1. The molecule has 0 bridgehead atoms. The molecule has 1 aromatic heterocycles. The number of hydrogen-bond donors (Lipinski definition) is 1. The third-order valence-corrected chi connectivity index (χ3v) is 4.23. The van der Waals surface area contributed by atoms with E-state index < -0.39 is 0 Å². The SMILES string of the molecule is CCC(CNC(C)c1ccc(C)s1)N(C)C. The van der Waals surface area contributed by atoms with Crippen molar-refractivity contribution in [2.45, 2.75) is 39.3 Å². The zero-order chi connectivity index (χ0) is 12.1. The van der Waals surface area contributed by atoms with Gasteiger partial charge in [-0.1, -0.05) is 6.92 Å². The van der Waals surface area contributed by atoms with E-state index in [1.807, 2.05) is 11.3 Å². The highest BCUT2D eigenvalue weighted by Gasteiger charge is 2.12. The van der Waals surface area contributed by atoms with Crippen molar-refractivity contribution in [3.05, 3.63) is 21.9 Å². The van der Waals surface area contributed by atoms with Gasteiger partial charge in [-0.25, -0.2) is 0 Å². The molecule has 0 amide bonds. The summed E-state index contributed by atoms with van der Waals surface area (Å²) in [6.07, 6.45) is 1.19. The van der Waals surface area contributed by atoms with Gasteiger partial charge < -0.3 is 10.2 Å². The van der Waals surface area contributed by atoms with Gasteiger partial charge in [0.25, 0.3) is 0 Å². The predicted molar refractivity (Wildman–Crippen MR) is 73.2 cm³/mol. The maximum Gasteiger partial charge on any atom is 0.0386 e. The Morgan fingerprint density at radius 2 is 2.06 bits per heavy atom. The van der Waals surface area contributed by atoms with Gasteiger partial charge in [-0.05, 0) is 46.5 Å². The normalized spacial score (nSPS) is 15.4. The summed E-state index contributed by atoms with van der Waals surface area (Å²) in [4.78, 5) is 5.12. The number of thiophene rings is 1. The van der Waals surface area contributed by atoms with Gasteiger partial charge in [0.15, 0.2) is 0 Å². The fourth-order valence-corrected chi connectivity index (χ4v) is 2.70. The lowest BCUT2D eigenvalue weighted by atomic mass is 10.2. The van der Waals surface area contributed by atoms with Crippen LogP contribution in [-0.2, 0) is 0 Å². The summed E-state index contributed by atoms with van der Waals surface area (Å²) in [7, 11) is 4.30. The van der Waals surface area contributed by atoms with Crippen molar-refractivity contribution in [3.63, 3.8) is 0 Å². The molecular formula is C13H24N2S. The van der Waals surface area contributed by atoms with E-state index in [1.54, 1.807) is 0 Å².